The molecule has 0 fully saturated rings. The molecule has 0 aliphatic rings. The first-order valence-electron chi connectivity index (χ1n) is 2.33. The third-order valence-electron chi connectivity index (χ3n) is 0.804. The van der Waals surface area contributed by atoms with Crippen LogP contribution in [0.25, 0.3) is 0 Å². The molecule has 0 spiro atoms. The Morgan fingerprint density at radius 1 is 1.38 bits per heavy atom. The van der Waals surface area contributed by atoms with Crippen molar-refractivity contribution in [3.05, 3.63) is 0 Å². The zero-order valence-corrected chi connectivity index (χ0v) is 7.08. The van der Waals surface area contributed by atoms with Crippen molar-refractivity contribution in [1.29, 1.82) is 0 Å². The molecule has 0 aliphatic heterocycles. The summed E-state index contributed by atoms with van der Waals surface area (Å²) >= 11 is 0. The van der Waals surface area contributed by atoms with E-state index in [2.05, 4.69) is 0 Å². The fourth-order valence-electron chi connectivity index (χ4n) is 0.303. The first-order chi connectivity index (χ1) is 3.31. The molecular weight excluding hydrogens is 265 g/mol. The van der Waals surface area contributed by atoms with E-state index < -0.39 is 0 Å². The van der Waals surface area contributed by atoms with E-state index in [0.717, 1.165) is 0 Å². The largest absolute Gasteiger partial charge is 0.382 e. The molecule has 58 valence electrons. The van der Waals surface area contributed by atoms with Gasteiger partial charge in [0.2, 0.25) is 0 Å². The molecule has 8 heavy (non-hydrogen) atoms. The van der Waals surface area contributed by atoms with E-state index in [1.54, 1.807) is 14.2 Å². The average Bonchev–Trinajstić information content (AvgIpc) is 1.68. The number of rotatable bonds is 3. The van der Waals surface area contributed by atoms with Crippen LogP contribution in [0.2, 0.25) is 0 Å². The third-order valence-corrected chi connectivity index (χ3v) is 0.804. The summed E-state index contributed by atoms with van der Waals surface area (Å²) in [5.41, 5.74) is 0. The SMILES string of the molecule is COCC(C)OC.[Yb]. The molecule has 0 aromatic rings. The molecule has 0 aliphatic carbocycles. The quantitative estimate of drug-likeness (QED) is 0.755. The molecule has 3 heteroatoms. The molecule has 1 unspecified atom stereocenters. The van der Waals surface area contributed by atoms with E-state index in [0.29, 0.717) is 6.61 Å². The first-order valence-corrected chi connectivity index (χ1v) is 2.33. The number of methoxy groups -OCH3 is 2. The van der Waals surface area contributed by atoms with Gasteiger partial charge < -0.3 is 9.47 Å². The summed E-state index contributed by atoms with van der Waals surface area (Å²) in [5.74, 6) is 0. The number of ether oxygens (including phenoxy) is 2. The third kappa shape index (κ3) is 7.44. The molecule has 0 heterocycles. The summed E-state index contributed by atoms with van der Waals surface area (Å²) in [6.45, 7) is 2.64. The van der Waals surface area contributed by atoms with Gasteiger partial charge in [0.15, 0.2) is 0 Å². The van der Waals surface area contributed by atoms with Crippen molar-refractivity contribution in [2.45, 2.75) is 13.0 Å². The minimum absolute atomic E-state index is 0. The van der Waals surface area contributed by atoms with Gasteiger partial charge in [-0.05, 0) is 6.92 Å². The molecule has 0 amide bonds. The van der Waals surface area contributed by atoms with Gasteiger partial charge in [0.25, 0.3) is 0 Å². The van der Waals surface area contributed by atoms with Gasteiger partial charge in [0.1, 0.15) is 0 Å². The van der Waals surface area contributed by atoms with Crippen molar-refractivity contribution in [3.8, 4) is 0 Å². The molecule has 1 atom stereocenters. The van der Waals surface area contributed by atoms with E-state index in [9.17, 15) is 0 Å². The van der Waals surface area contributed by atoms with Crippen LogP contribution in [0.15, 0.2) is 0 Å². The van der Waals surface area contributed by atoms with Crippen molar-refractivity contribution in [2.24, 2.45) is 0 Å². The Balaban J connectivity index is 0. The summed E-state index contributed by atoms with van der Waals surface area (Å²) in [6.07, 6.45) is 0.227. The fourth-order valence-corrected chi connectivity index (χ4v) is 0.303. The average molecular weight is 277 g/mol. The van der Waals surface area contributed by atoms with Gasteiger partial charge in [0.05, 0.1) is 12.7 Å². The van der Waals surface area contributed by atoms with Crippen LogP contribution in [0, 0.1) is 46.9 Å². The van der Waals surface area contributed by atoms with Crippen LogP contribution < -0.4 is 0 Å². The standard InChI is InChI=1S/C5H12O2.Yb/c1-5(7-3)4-6-2;/h5H,4H2,1-3H3;. The maximum absolute atomic E-state index is 4.87. The van der Waals surface area contributed by atoms with E-state index in [4.69, 9.17) is 9.47 Å². The second-order valence-corrected chi connectivity index (χ2v) is 1.50. The smallest absolute Gasteiger partial charge is 0.0776 e. The maximum atomic E-state index is 4.87. The Hall–Kier alpha value is 1.44. The minimum atomic E-state index is 0. The van der Waals surface area contributed by atoms with Crippen LogP contribution in [-0.2, 0) is 9.47 Å². The summed E-state index contributed by atoms with van der Waals surface area (Å²) in [4.78, 5) is 0. The molecule has 0 aromatic carbocycles. The normalized spacial score (nSPS) is 12.4. The monoisotopic (exact) mass is 278 g/mol. The first kappa shape index (κ1) is 12.1. The van der Waals surface area contributed by atoms with E-state index >= 15 is 0 Å². The Bertz CT molecular complexity index is 41.4. The topological polar surface area (TPSA) is 18.5 Å². The zero-order chi connectivity index (χ0) is 5.70. The van der Waals surface area contributed by atoms with Crippen LogP contribution >= 0.6 is 0 Å². The molecule has 0 radical (unpaired) electrons. The molecule has 0 N–H and O–H groups in total. The predicted octanol–water partition coefficient (Wildman–Crippen LogP) is 0.668. The van der Waals surface area contributed by atoms with Gasteiger partial charge in [-0.2, -0.15) is 0 Å². The summed E-state index contributed by atoms with van der Waals surface area (Å²) in [7, 11) is 3.33. The van der Waals surface area contributed by atoms with Crippen molar-refractivity contribution < 1.29 is 56.4 Å². The Labute approximate surface area is 89.2 Å². The Kier molecular flexibility index (Phi) is 12.8. The van der Waals surface area contributed by atoms with Gasteiger partial charge in [-0.25, -0.2) is 0 Å². The molecule has 2 nitrogen and oxygen atoms in total. The van der Waals surface area contributed by atoms with Crippen molar-refractivity contribution >= 4 is 0 Å². The summed E-state index contributed by atoms with van der Waals surface area (Å²) in [6, 6.07) is 0. The Morgan fingerprint density at radius 2 is 1.88 bits per heavy atom. The van der Waals surface area contributed by atoms with Crippen LogP contribution in [0.4, 0.5) is 0 Å². The molecule has 0 bridgehead atoms. The van der Waals surface area contributed by atoms with Gasteiger partial charge in [-0.15, -0.1) is 0 Å². The molecule has 0 rings (SSSR count). The molecule has 0 aromatic heterocycles. The van der Waals surface area contributed by atoms with Gasteiger partial charge in [-0.3, -0.25) is 0 Å². The second kappa shape index (κ2) is 8.44. The predicted molar refractivity (Wildman–Crippen MR) is 28.3 cm³/mol. The van der Waals surface area contributed by atoms with Crippen LogP contribution in [-0.4, -0.2) is 26.9 Å². The van der Waals surface area contributed by atoms with Crippen LogP contribution in [0.5, 0.6) is 0 Å². The molecular formula is C5H12O2Yb. The van der Waals surface area contributed by atoms with E-state index in [-0.39, 0.29) is 53.0 Å². The van der Waals surface area contributed by atoms with Crippen LogP contribution in [0.1, 0.15) is 6.92 Å². The molecule has 0 saturated carbocycles. The van der Waals surface area contributed by atoms with Crippen molar-refractivity contribution in [3.63, 3.8) is 0 Å². The van der Waals surface area contributed by atoms with Crippen LogP contribution in [0.3, 0.4) is 0 Å². The van der Waals surface area contributed by atoms with Crippen molar-refractivity contribution in [2.75, 3.05) is 20.8 Å². The van der Waals surface area contributed by atoms with E-state index in [1.807, 2.05) is 6.92 Å². The van der Waals surface area contributed by atoms with E-state index in [1.165, 1.54) is 0 Å². The zero-order valence-electron chi connectivity index (χ0n) is 5.37. The van der Waals surface area contributed by atoms with Gasteiger partial charge in [0, 0.05) is 61.1 Å². The van der Waals surface area contributed by atoms with Gasteiger partial charge in [-0.1, -0.05) is 0 Å². The number of hydrogen-bond donors (Lipinski definition) is 0. The fraction of sp³-hybridized carbons (Fsp3) is 1.00. The second-order valence-electron chi connectivity index (χ2n) is 1.50. The summed E-state index contributed by atoms with van der Waals surface area (Å²) < 4.78 is 9.64. The summed E-state index contributed by atoms with van der Waals surface area (Å²) in [5, 5.41) is 0. The minimum Gasteiger partial charge on any atom is -0.382 e. The molecule has 0 saturated heterocycles. The number of hydrogen-bond acceptors (Lipinski definition) is 2. The van der Waals surface area contributed by atoms with Crippen molar-refractivity contribution in [1.82, 2.24) is 0 Å². The Morgan fingerprint density at radius 3 is 2.00 bits per heavy atom. The van der Waals surface area contributed by atoms with Gasteiger partial charge >= 0.3 is 0 Å². The maximum Gasteiger partial charge on any atom is 0.0776 e.